The van der Waals surface area contributed by atoms with Gasteiger partial charge in [0.05, 0.1) is 11.0 Å². The third kappa shape index (κ3) is 6.04. The highest BCUT2D eigenvalue weighted by Crippen LogP contribution is 2.44. The SMILES string of the molecule is c1ccc(-n2c3cccc(-c4cccc(N(c5ccc(-c6ccc7ccccc7c6)cc5)c5ccc(-c6cccc7ccccc67)cc5)c4)c3c3c4ccccc4ccc32)cc1. The summed E-state index contributed by atoms with van der Waals surface area (Å²) in [5.41, 5.74) is 14.0. The summed E-state index contributed by atoms with van der Waals surface area (Å²) in [5, 5.41) is 10.0. The standard InChI is InChI=1S/C60H40N2/c1-2-19-49(20-3-1)62-57-26-12-25-56(60(57)59-55-23-9-7-15-44(55)33-38-58(59)62)48-18-10-21-52(40-48)61(50-34-29-42(30-35-50)47-28-27-41-13-4-5-16-46(41)39-47)51-36-31-45(32-37-51)54-24-11-17-43-14-6-8-22-53(43)54/h1-40H. The molecule has 12 rings (SSSR count). The smallest absolute Gasteiger partial charge is 0.0547 e. The number of benzene rings is 11. The molecule has 2 heteroatoms. The first kappa shape index (κ1) is 35.7. The number of hydrogen-bond acceptors (Lipinski definition) is 1. The Labute approximate surface area is 360 Å². The van der Waals surface area contributed by atoms with Crippen molar-refractivity contribution in [1.29, 1.82) is 0 Å². The van der Waals surface area contributed by atoms with Crippen LogP contribution in [0.1, 0.15) is 0 Å². The van der Waals surface area contributed by atoms with E-state index in [1.807, 2.05) is 0 Å². The molecule has 0 bridgehead atoms. The maximum absolute atomic E-state index is 2.42. The Bertz CT molecular complexity index is 3610. The van der Waals surface area contributed by atoms with Gasteiger partial charge in [-0.15, -0.1) is 0 Å². The van der Waals surface area contributed by atoms with E-state index in [9.17, 15) is 0 Å². The van der Waals surface area contributed by atoms with Crippen molar-refractivity contribution in [2.45, 2.75) is 0 Å². The second kappa shape index (κ2) is 14.8. The van der Waals surface area contributed by atoms with Gasteiger partial charge in [-0.05, 0) is 132 Å². The molecule has 290 valence electrons. The number of aromatic nitrogens is 1. The van der Waals surface area contributed by atoms with Gasteiger partial charge in [-0.1, -0.05) is 176 Å². The Hall–Kier alpha value is -8.20. The second-order valence-electron chi connectivity index (χ2n) is 16.1. The first-order valence-electron chi connectivity index (χ1n) is 21.3. The highest BCUT2D eigenvalue weighted by Gasteiger charge is 2.20. The van der Waals surface area contributed by atoms with Crippen molar-refractivity contribution in [2.24, 2.45) is 0 Å². The third-order valence-corrected chi connectivity index (χ3v) is 12.5. The molecule has 0 aliphatic carbocycles. The summed E-state index contributed by atoms with van der Waals surface area (Å²) in [7, 11) is 0. The van der Waals surface area contributed by atoms with Gasteiger partial charge < -0.3 is 9.47 Å². The minimum Gasteiger partial charge on any atom is -0.310 e. The third-order valence-electron chi connectivity index (χ3n) is 12.5. The molecule has 1 aromatic heterocycles. The lowest BCUT2D eigenvalue weighted by atomic mass is 9.96. The average molecular weight is 789 g/mol. The van der Waals surface area contributed by atoms with Crippen molar-refractivity contribution in [1.82, 2.24) is 4.57 Å². The van der Waals surface area contributed by atoms with E-state index < -0.39 is 0 Å². The molecule has 0 N–H and O–H groups in total. The average Bonchev–Trinajstić information content (AvgIpc) is 3.70. The van der Waals surface area contributed by atoms with Crippen LogP contribution in [0.2, 0.25) is 0 Å². The molecule has 1 heterocycles. The number of hydrogen-bond donors (Lipinski definition) is 0. The van der Waals surface area contributed by atoms with E-state index in [1.54, 1.807) is 0 Å². The molecule has 0 aliphatic heterocycles. The van der Waals surface area contributed by atoms with Gasteiger partial charge in [0.15, 0.2) is 0 Å². The number of fused-ring (bicyclic) bond motifs is 7. The van der Waals surface area contributed by atoms with Gasteiger partial charge in [0, 0.05) is 33.5 Å². The van der Waals surface area contributed by atoms with Crippen molar-refractivity contribution in [3.63, 3.8) is 0 Å². The monoisotopic (exact) mass is 788 g/mol. The number of rotatable bonds is 7. The van der Waals surface area contributed by atoms with Crippen molar-refractivity contribution < 1.29 is 0 Å². The zero-order valence-corrected chi connectivity index (χ0v) is 34.0. The highest BCUT2D eigenvalue weighted by molar-refractivity contribution is 6.25. The molecule has 0 spiro atoms. The lowest BCUT2D eigenvalue weighted by molar-refractivity contribution is 1.18. The van der Waals surface area contributed by atoms with Gasteiger partial charge >= 0.3 is 0 Å². The quantitative estimate of drug-likeness (QED) is 0.156. The van der Waals surface area contributed by atoms with Crippen LogP contribution in [-0.4, -0.2) is 4.57 Å². The summed E-state index contributed by atoms with van der Waals surface area (Å²) in [6.45, 7) is 0. The molecule has 62 heavy (non-hydrogen) atoms. The minimum atomic E-state index is 1.09. The summed E-state index contributed by atoms with van der Waals surface area (Å²) < 4.78 is 2.42. The fourth-order valence-electron chi connectivity index (χ4n) is 9.62. The Kier molecular flexibility index (Phi) is 8.53. The van der Waals surface area contributed by atoms with Gasteiger partial charge in [0.2, 0.25) is 0 Å². The zero-order chi connectivity index (χ0) is 41.0. The predicted octanol–water partition coefficient (Wildman–Crippen LogP) is 16.7. The molecule has 2 nitrogen and oxygen atoms in total. The Morgan fingerprint density at radius 1 is 0.274 bits per heavy atom. The lowest BCUT2D eigenvalue weighted by Gasteiger charge is -2.26. The van der Waals surface area contributed by atoms with Crippen LogP contribution >= 0.6 is 0 Å². The minimum absolute atomic E-state index is 1.09. The molecular formula is C60H40N2. The van der Waals surface area contributed by atoms with Crippen molar-refractivity contribution in [3.8, 4) is 39.1 Å². The van der Waals surface area contributed by atoms with Gasteiger partial charge in [0.25, 0.3) is 0 Å². The van der Waals surface area contributed by atoms with E-state index in [1.165, 1.54) is 87.5 Å². The van der Waals surface area contributed by atoms with E-state index in [2.05, 4.69) is 252 Å². The fraction of sp³-hybridized carbons (Fsp3) is 0. The molecule has 0 saturated heterocycles. The van der Waals surface area contributed by atoms with Gasteiger partial charge in [-0.25, -0.2) is 0 Å². The molecular weight excluding hydrogens is 749 g/mol. The molecule has 0 amide bonds. The number of nitrogens with zero attached hydrogens (tertiary/aromatic N) is 2. The van der Waals surface area contributed by atoms with Crippen LogP contribution in [0.25, 0.3) is 93.2 Å². The van der Waals surface area contributed by atoms with Crippen LogP contribution in [0.3, 0.4) is 0 Å². The van der Waals surface area contributed by atoms with Crippen LogP contribution in [-0.2, 0) is 0 Å². The molecule has 0 aliphatic rings. The maximum Gasteiger partial charge on any atom is 0.0547 e. The van der Waals surface area contributed by atoms with Crippen LogP contribution in [0.5, 0.6) is 0 Å². The summed E-state index contributed by atoms with van der Waals surface area (Å²) in [6.07, 6.45) is 0. The van der Waals surface area contributed by atoms with Gasteiger partial charge in [-0.3, -0.25) is 0 Å². The first-order valence-corrected chi connectivity index (χ1v) is 21.3. The second-order valence-corrected chi connectivity index (χ2v) is 16.1. The van der Waals surface area contributed by atoms with Gasteiger partial charge in [-0.2, -0.15) is 0 Å². The van der Waals surface area contributed by atoms with Gasteiger partial charge in [0.1, 0.15) is 0 Å². The Morgan fingerprint density at radius 3 is 1.63 bits per heavy atom. The summed E-state index contributed by atoms with van der Waals surface area (Å²) in [5.74, 6) is 0. The number of para-hydroxylation sites is 1. The highest BCUT2D eigenvalue weighted by atomic mass is 15.1. The Balaban J connectivity index is 1.03. The fourth-order valence-corrected chi connectivity index (χ4v) is 9.62. The van der Waals surface area contributed by atoms with Crippen LogP contribution < -0.4 is 4.90 Å². The van der Waals surface area contributed by atoms with E-state index in [0.717, 1.165) is 22.7 Å². The van der Waals surface area contributed by atoms with E-state index in [-0.39, 0.29) is 0 Å². The van der Waals surface area contributed by atoms with E-state index in [0.29, 0.717) is 0 Å². The van der Waals surface area contributed by atoms with Crippen LogP contribution in [0.4, 0.5) is 17.1 Å². The molecule has 0 saturated carbocycles. The molecule has 0 unspecified atom stereocenters. The van der Waals surface area contributed by atoms with E-state index >= 15 is 0 Å². The van der Waals surface area contributed by atoms with Crippen molar-refractivity contribution in [3.05, 3.63) is 243 Å². The zero-order valence-electron chi connectivity index (χ0n) is 34.0. The number of anilines is 3. The summed E-state index contributed by atoms with van der Waals surface area (Å²) >= 11 is 0. The Morgan fingerprint density at radius 2 is 0.839 bits per heavy atom. The molecule has 0 fully saturated rings. The van der Waals surface area contributed by atoms with Crippen LogP contribution in [0, 0.1) is 0 Å². The molecule has 0 radical (unpaired) electrons. The normalized spacial score (nSPS) is 11.5. The first-order chi connectivity index (χ1) is 30.7. The molecule has 12 aromatic rings. The molecule has 0 atom stereocenters. The largest absolute Gasteiger partial charge is 0.310 e. The van der Waals surface area contributed by atoms with E-state index in [4.69, 9.17) is 0 Å². The van der Waals surface area contributed by atoms with Crippen LogP contribution in [0.15, 0.2) is 243 Å². The maximum atomic E-state index is 2.42. The lowest BCUT2D eigenvalue weighted by Crippen LogP contribution is -2.10. The summed E-state index contributed by atoms with van der Waals surface area (Å²) in [4.78, 5) is 2.39. The summed E-state index contributed by atoms with van der Waals surface area (Å²) in [6, 6.07) is 88.5. The van der Waals surface area contributed by atoms with Crippen molar-refractivity contribution in [2.75, 3.05) is 4.90 Å². The topological polar surface area (TPSA) is 8.17 Å². The predicted molar refractivity (Wildman–Crippen MR) is 264 cm³/mol. The van der Waals surface area contributed by atoms with Crippen molar-refractivity contribution >= 4 is 71.2 Å². The molecule has 11 aromatic carbocycles.